The van der Waals surface area contributed by atoms with E-state index >= 15 is 0 Å². The van der Waals surface area contributed by atoms with E-state index in [9.17, 15) is 0 Å². The number of para-hydroxylation sites is 1. The van der Waals surface area contributed by atoms with E-state index in [1.54, 1.807) is 0 Å². The van der Waals surface area contributed by atoms with E-state index in [-0.39, 0.29) is 0 Å². The second-order valence-electron chi connectivity index (χ2n) is 4.13. The molecule has 0 bridgehead atoms. The average Bonchev–Trinajstić information content (AvgIpc) is 2.50. The van der Waals surface area contributed by atoms with Crippen molar-refractivity contribution in [2.75, 3.05) is 11.7 Å². The number of nitrogens with one attached hydrogen (secondary N) is 2. The second kappa shape index (κ2) is 5.46. The second-order valence-corrected chi connectivity index (χ2v) is 4.13. The maximum Gasteiger partial charge on any atom is 0.127 e. The van der Waals surface area contributed by atoms with Crippen molar-refractivity contribution in [3.8, 4) is 11.5 Å². The third-order valence-electron chi connectivity index (χ3n) is 2.79. The number of benzene rings is 2. The zero-order valence-corrected chi connectivity index (χ0v) is 10.4. The maximum absolute atomic E-state index is 5.75. The van der Waals surface area contributed by atoms with Crippen molar-refractivity contribution in [2.45, 2.75) is 0 Å². The first-order valence-electron chi connectivity index (χ1n) is 6.17. The summed E-state index contributed by atoms with van der Waals surface area (Å²) in [5.74, 6) is 1.67. The van der Waals surface area contributed by atoms with E-state index < -0.39 is 0 Å². The van der Waals surface area contributed by atoms with Crippen molar-refractivity contribution in [3.63, 3.8) is 0 Å². The standard InChI is InChI=1S/C15H15N3O/c1-2-4-14(5-3-1)19-15-8-6-13(7-9-15)18-11-10-16-12-17-18/h1-11,16-17H,12H2. The van der Waals surface area contributed by atoms with Gasteiger partial charge < -0.3 is 10.1 Å². The number of rotatable bonds is 3. The van der Waals surface area contributed by atoms with Crippen LogP contribution in [0.4, 0.5) is 5.69 Å². The predicted octanol–water partition coefficient (Wildman–Crippen LogP) is 2.82. The Hall–Kier alpha value is -2.46. The Morgan fingerprint density at radius 3 is 2.32 bits per heavy atom. The summed E-state index contributed by atoms with van der Waals surface area (Å²) < 4.78 is 5.75. The van der Waals surface area contributed by atoms with Gasteiger partial charge in [0.1, 0.15) is 11.5 Å². The van der Waals surface area contributed by atoms with Crippen LogP contribution in [0.2, 0.25) is 0 Å². The van der Waals surface area contributed by atoms with Crippen LogP contribution in [0.5, 0.6) is 11.5 Å². The van der Waals surface area contributed by atoms with Crippen LogP contribution in [-0.4, -0.2) is 6.67 Å². The fraction of sp³-hybridized carbons (Fsp3) is 0.0667. The highest BCUT2D eigenvalue weighted by atomic mass is 16.5. The van der Waals surface area contributed by atoms with Crippen molar-refractivity contribution < 1.29 is 4.74 Å². The van der Waals surface area contributed by atoms with Crippen molar-refractivity contribution in [2.24, 2.45) is 0 Å². The molecular weight excluding hydrogens is 238 g/mol. The average molecular weight is 253 g/mol. The van der Waals surface area contributed by atoms with Gasteiger partial charge in [-0.25, -0.2) is 5.43 Å². The van der Waals surface area contributed by atoms with Gasteiger partial charge in [0, 0.05) is 12.4 Å². The smallest absolute Gasteiger partial charge is 0.127 e. The highest BCUT2D eigenvalue weighted by molar-refractivity contribution is 5.51. The molecule has 3 rings (SSSR count). The number of hydrogen-bond acceptors (Lipinski definition) is 4. The first-order valence-corrected chi connectivity index (χ1v) is 6.17. The first kappa shape index (κ1) is 11.6. The van der Waals surface area contributed by atoms with Gasteiger partial charge in [-0.05, 0) is 36.4 Å². The fourth-order valence-corrected chi connectivity index (χ4v) is 1.85. The fourth-order valence-electron chi connectivity index (χ4n) is 1.85. The summed E-state index contributed by atoms with van der Waals surface area (Å²) in [5, 5.41) is 5.03. The van der Waals surface area contributed by atoms with Crippen LogP contribution in [0.3, 0.4) is 0 Å². The van der Waals surface area contributed by atoms with Crippen LogP contribution in [0.15, 0.2) is 67.0 Å². The lowest BCUT2D eigenvalue weighted by Crippen LogP contribution is -2.42. The Morgan fingerprint density at radius 2 is 1.63 bits per heavy atom. The van der Waals surface area contributed by atoms with Crippen molar-refractivity contribution in [1.82, 2.24) is 10.7 Å². The minimum atomic E-state index is 0.721. The van der Waals surface area contributed by atoms with Gasteiger partial charge in [0.25, 0.3) is 0 Å². The molecule has 1 aliphatic rings. The summed E-state index contributed by atoms with van der Waals surface area (Å²) in [4.78, 5) is 0. The van der Waals surface area contributed by atoms with Gasteiger partial charge in [-0.3, -0.25) is 5.01 Å². The highest BCUT2D eigenvalue weighted by Crippen LogP contribution is 2.24. The Labute approximate surface area is 112 Å². The summed E-state index contributed by atoms with van der Waals surface area (Å²) in [6, 6.07) is 17.7. The normalized spacial score (nSPS) is 14.0. The minimum absolute atomic E-state index is 0.721. The van der Waals surface area contributed by atoms with Gasteiger partial charge >= 0.3 is 0 Å². The molecule has 0 atom stereocenters. The third kappa shape index (κ3) is 2.86. The number of anilines is 1. The number of ether oxygens (including phenoxy) is 1. The van der Waals surface area contributed by atoms with Crippen LogP contribution < -0.4 is 20.5 Å². The van der Waals surface area contributed by atoms with E-state index in [2.05, 4.69) is 10.7 Å². The molecule has 2 aromatic carbocycles. The molecule has 4 nitrogen and oxygen atoms in total. The van der Waals surface area contributed by atoms with Crippen molar-refractivity contribution in [1.29, 1.82) is 0 Å². The summed E-state index contributed by atoms with van der Waals surface area (Å²) >= 11 is 0. The van der Waals surface area contributed by atoms with E-state index in [1.807, 2.05) is 72.0 Å². The van der Waals surface area contributed by atoms with Crippen molar-refractivity contribution in [3.05, 3.63) is 67.0 Å². The molecule has 0 spiro atoms. The largest absolute Gasteiger partial charge is 0.457 e. The lowest BCUT2D eigenvalue weighted by Gasteiger charge is -2.25. The zero-order valence-electron chi connectivity index (χ0n) is 10.4. The molecule has 1 aliphatic heterocycles. The van der Waals surface area contributed by atoms with Gasteiger partial charge in [-0.2, -0.15) is 0 Å². The SMILES string of the molecule is C1=CN(c2ccc(Oc3ccccc3)cc2)NCN1. The molecule has 0 saturated carbocycles. The summed E-state index contributed by atoms with van der Waals surface area (Å²) in [6.07, 6.45) is 3.85. The Bertz CT molecular complexity index is 551. The molecule has 2 N–H and O–H groups in total. The molecule has 0 fully saturated rings. The van der Waals surface area contributed by atoms with Crippen LogP contribution in [0.25, 0.3) is 0 Å². The number of hydrazine groups is 1. The van der Waals surface area contributed by atoms with E-state index in [0.29, 0.717) is 0 Å². The topological polar surface area (TPSA) is 36.5 Å². The third-order valence-corrected chi connectivity index (χ3v) is 2.79. The minimum Gasteiger partial charge on any atom is -0.457 e. The molecular formula is C15H15N3O. The van der Waals surface area contributed by atoms with Crippen LogP contribution in [-0.2, 0) is 0 Å². The highest BCUT2D eigenvalue weighted by Gasteiger charge is 2.05. The predicted molar refractivity (Wildman–Crippen MR) is 75.7 cm³/mol. The molecule has 0 radical (unpaired) electrons. The van der Waals surface area contributed by atoms with Gasteiger partial charge in [0.05, 0.1) is 12.4 Å². The van der Waals surface area contributed by atoms with Crippen LogP contribution >= 0.6 is 0 Å². The molecule has 0 amide bonds. The Kier molecular flexibility index (Phi) is 3.34. The van der Waals surface area contributed by atoms with Gasteiger partial charge in [-0.1, -0.05) is 18.2 Å². The summed E-state index contributed by atoms with van der Waals surface area (Å²) in [5.41, 5.74) is 4.27. The molecule has 0 saturated heterocycles. The first-order chi connectivity index (χ1) is 9.42. The van der Waals surface area contributed by atoms with E-state index in [4.69, 9.17) is 4.74 Å². The monoisotopic (exact) mass is 253 g/mol. The van der Waals surface area contributed by atoms with Gasteiger partial charge in [-0.15, -0.1) is 0 Å². The molecule has 0 aliphatic carbocycles. The molecule has 0 unspecified atom stereocenters. The molecule has 1 heterocycles. The summed E-state index contributed by atoms with van der Waals surface area (Å²) in [7, 11) is 0. The lowest BCUT2D eigenvalue weighted by atomic mass is 10.3. The van der Waals surface area contributed by atoms with Gasteiger partial charge in [0.15, 0.2) is 0 Å². The van der Waals surface area contributed by atoms with Gasteiger partial charge in [0.2, 0.25) is 0 Å². The molecule has 0 aromatic heterocycles. The lowest BCUT2D eigenvalue weighted by molar-refractivity contribution is 0.482. The molecule has 96 valence electrons. The van der Waals surface area contributed by atoms with E-state index in [0.717, 1.165) is 23.9 Å². The van der Waals surface area contributed by atoms with Crippen LogP contribution in [0.1, 0.15) is 0 Å². The Balaban J connectivity index is 1.72. The Morgan fingerprint density at radius 1 is 0.895 bits per heavy atom. The quantitative estimate of drug-likeness (QED) is 0.882. The molecule has 19 heavy (non-hydrogen) atoms. The van der Waals surface area contributed by atoms with Crippen molar-refractivity contribution >= 4 is 5.69 Å². The zero-order chi connectivity index (χ0) is 12.9. The number of nitrogens with zero attached hydrogens (tertiary/aromatic N) is 1. The van der Waals surface area contributed by atoms with E-state index in [1.165, 1.54) is 0 Å². The van der Waals surface area contributed by atoms with Crippen LogP contribution in [0, 0.1) is 0 Å². The molecule has 2 aromatic rings. The number of hydrogen-bond donors (Lipinski definition) is 2. The maximum atomic E-state index is 5.75. The summed E-state index contributed by atoms with van der Waals surface area (Å²) in [6.45, 7) is 0.721. The molecule has 4 heteroatoms.